The molecule has 0 bridgehead atoms. The highest BCUT2D eigenvalue weighted by molar-refractivity contribution is 9.10. The van der Waals surface area contributed by atoms with Gasteiger partial charge in [-0.2, -0.15) is 0 Å². The molecule has 0 radical (unpaired) electrons. The molecule has 0 aromatic carbocycles. The first kappa shape index (κ1) is 12.5. The Morgan fingerprint density at radius 1 is 1.39 bits per heavy atom. The quantitative estimate of drug-likeness (QED) is 0.857. The number of rotatable bonds is 2. The largest absolute Gasteiger partial charge is 0.317 e. The Hall–Kier alpha value is -0.580. The highest BCUT2D eigenvalue weighted by Gasteiger charge is 2.18. The fourth-order valence-corrected chi connectivity index (χ4v) is 3.40. The topological polar surface area (TPSA) is 29.3 Å². The number of imidazole rings is 1. The molecule has 3 nitrogen and oxygen atoms in total. The summed E-state index contributed by atoms with van der Waals surface area (Å²) in [6.45, 7) is 2.23. The van der Waals surface area contributed by atoms with Gasteiger partial charge in [0.15, 0.2) is 5.15 Å². The van der Waals surface area contributed by atoms with E-state index in [4.69, 9.17) is 11.6 Å². The molecule has 1 saturated heterocycles. The Morgan fingerprint density at radius 3 is 2.94 bits per heavy atom. The van der Waals surface area contributed by atoms with E-state index >= 15 is 0 Å². The van der Waals surface area contributed by atoms with Crippen molar-refractivity contribution in [3.63, 3.8) is 0 Å². The number of hydrogen-bond acceptors (Lipinski definition) is 2. The molecule has 5 heteroatoms. The highest BCUT2D eigenvalue weighted by atomic mass is 79.9. The van der Waals surface area contributed by atoms with Crippen molar-refractivity contribution in [2.75, 3.05) is 13.1 Å². The Bertz CT molecular complexity index is 561. The molecule has 2 aromatic rings. The summed E-state index contributed by atoms with van der Waals surface area (Å²) in [5, 5.41) is 3.99. The average molecular weight is 329 g/mol. The van der Waals surface area contributed by atoms with E-state index in [2.05, 4.69) is 30.6 Å². The lowest BCUT2D eigenvalue weighted by Gasteiger charge is -2.21. The first-order valence-corrected chi connectivity index (χ1v) is 7.45. The van der Waals surface area contributed by atoms with Crippen molar-refractivity contribution < 1.29 is 0 Å². The zero-order valence-electron chi connectivity index (χ0n) is 10.00. The third-order valence-corrected chi connectivity index (χ3v) is 4.47. The standard InChI is InChI=1S/C13H15BrClN3/c14-11-3-1-2-10-13(15)17-12(18(10)11)8-9-4-6-16-7-5-9/h1-3,9,16H,4-8H2. The van der Waals surface area contributed by atoms with Gasteiger partial charge in [0.2, 0.25) is 0 Å². The van der Waals surface area contributed by atoms with Gasteiger partial charge in [-0.1, -0.05) is 17.7 Å². The molecule has 0 aliphatic carbocycles. The Morgan fingerprint density at radius 2 is 2.17 bits per heavy atom. The first-order valence-electron chi connectivity index (χ1n) is 6.28. The van der Waals surface area contributed by atoms with E-state index in [0.29, 0.717) is 11.1 Å². The van der Waals surface area contributed by atoms with E-state index in [-0.39, 0.29) is 0 Å². The van der Waals surface area contributed by atoms with Crippen molar-refractivity contribution >= 4 is 33.0 Å². The van der Waals surface area contributed by atoms with Gasteiger partial charge in [0, 0.05) is 6.42 Å². The van der Waals surface area contributed by atoms with Crippen LogP contribution >= 0.6 is 27.5 Å². The molecule has 18 heavy (non-hydrogen) atoms. The van der Waals surface area contributed by atoms with E-state index < -0.39 is 0 Å². The van der Waals surface area contributed by atoms with Gasteiger partial charge >= 0.3 is 0 Å². The van der Waals surface area contributed by atoms with Crippen molar-refractivity contribution in [3.8, 4) is 0 Å². The van der Waals surface area contributed by atoms with Crippen LogP contribution < -0.4 is 5.32 Å². The number of piperidine rings is 1. The van der Waals surface area contributed by atoms with Gasteiger partial charge in [-0.25, -0.2) is 4.98 Å². The maximum atomic E-state index is 6.20. The number of hydrogen-bond donors (Lipinski definition) is 1. The molecule has 1 fully saturated rings. The number of nitrogens with zero attached hydrogens (tertiary/aromatic N) is 2. The maximum absolute atomic E-state index is 6.20. The minimum Gasteiger partial charge on any atom is -0.317 e. The molecule has 0 atom stereocenters. The van der Waals surface area contributed by atoms with Crippen LogP contribution in [0.25, 0.3) is 5.52 Å². The molecule has 1 N–H and O–H groups in total. The third-order valence-electron chi connectivity index (χ3n) is 3.57. The van der Waals surface area contributed by atoms with Crippen LogP contribution in [0.1, 0.15) is 18.7 Å². The van der Waals surface area contributed by atoms with Crippen molar-refractivity contribution in [2.24, 2.45) is 5.92 Å². The van der Waals surface area contributed by atoms with Gasteiger partial charge in [-0.05, 0) is 59.9 Å². The first-order chi connectivity index (χ1) is 8.75. The summed E-state index contributed by atoms with van der Waals surface area (Å²) in [5.41, 5.74) is 0.981. The lowest BCUT2D eigenvalue weighted by Crippen LogP contribution is -2.29. The van der Waals surface area contributed by atoms with Gasteiger partial charge in [0.1, 0.15) is 5.82 Å². The van der Waals surface area contributed by atoms with Crippen LogP contribution in [0.2, 0.25) is 5.15 Å². The Labute approximate surface area is 120 Å². The lowest BCUT2D eigenvalue weighted by atomic mass is 9.94. The minimum atomic E-state index is 0.597. The molecule has 0 unspecified atom stereocenters. The second kappa shape index (κ2) is 5.19. The summed E-state index contributed by atoms with van der Waals surface area (Å²) in [6.07, 6.45) is 3.44. The Balaban J connectivity index is 1.96. The van der Waals surface area contributed by atoms with E-state index in [9.17, 15) is 0 Å². The molecule has 3 rings (SSSR count). The van der Waals surface area contributed by atoms with Crippen LogP contribution in [0.3, 0.4) is 0 Å². The van der Waals surface area contributed by atoms with E-state index in [0.717, 1.165) is 35.5 Å². The molecule has 96 valence electrons. The fourth-order valence-electron chi connectivity index (χ4n) is 2.61. The van der Waals surface area contributed by atoms with Gasteiger partial charge in [0.05, 0.1) is 10.1 Å². The summed E-state index contributed by atoms with van der Waals surface area (Å²) in [7, 11) is 0. The van der Waals surface area contributed by atoms with Gasteiger partial charge < -0.3 is 5.32 Å². The minimum absolute atomic E-state index is 0.597. The number of pyridine rings is 1. The third kappa shape index (κ3) is 2.29. The summed E-state index contributed by atoms with van der Waals surface area (Å²) in [5.74, 6) is 1.77. The smallest absolute Gasteiger partial charge is 0.155 e. The Kier molecular flexibility index (Phi) is 3.59. The van der Waals surface area contributed by atoms with Crippen LogP contribution in [0, 0.1) is 5.92 Å². The van der Waals surface area contributed by atoms with E-state index in [1.807, 2.05) is 18.2 Å². The highest BCUT2D eigenvalue weighted by Crippen LogP contribution is 2.26. The summed E-state index contributed by atoms with van der Waals surface area (Å²) in [6, 6.07) is 6.02. The molecule has 0 amide bonds. The van der Waals surface area contributed by atoms with Crippen molar-refractivity contribution in [3.05, 3.63) is 33.8 Å². The van der Waals surface area contributed by atoms with Gasteiger partial charge in [0.25, 0.3) is 0 Å². The van der Waals surface area contributed by atoms with Gasteiger partial charge in [-0.15, -0.1) is 0 Å². The molecular formula is C13H15BrClN3. The molecule has 1 aliphatic rings. The van der Waals surface area contributed by atoms with Crippen LogP contribution in [-0.2, 0) is 6.42 Å². The van der Waals surface area contributed by atoms with Crippen molar-refractivity contribution in [1.29, 1.82) is 0 Å². The van der Waals surface area contributed by atoms with E-state index in [1.54, 1.807) is 0 Å². The molecule has 2 aromatic heterocycles. The number of nitrogens with one attached hydrogen (secondary N) is 1. The lowest BCUT2D eigenvalue weighted by molar-refractivity contribution is 0.366. The van der Waals surface area contributed by atoms with E-state index in [1.165, 1.54) is 12.8 Å². The van der Waals surface area contributed by atoms with Crippen LogP contribution in [0.15, 0.2) is 22.8 Å². The number of aromatic nitrogens is 2. The molecule has 0 spiro atoms. The second-order valence-electron chi connectivity index (χ2n) is 4.79. The second-order valence-corrected chi connectivity index (χ2v) is 5.96. The predicted octanol–water partition coefficient (Wildman–Crippen LogP) is 3.29. The molecule has 0 saturated carbocycles. The average Bonchev–Trinajstić information content (AvgIpc) is 2.69. The predicted molar refractivity (Wildman–Crippen MR) is 77.2 cm³/mol. The number of halogens is 2. The SMILES string of the molecule is Clc1nc(CC2CCNCC2)n2c(Br)cccc12. The van der Waals surface area contributed by atoms with Crippen molar-refractivity contribution in [1.82, 2.24) is 14.7 Å². The van der Waals surface area contributed by atoms with Crippen LogP contribution in [0.4, 0.5) is 0 Å². The normalized spacial score (nSPS) is 17.4. The maximum Gasteiger partial charge on any atom is 0.155 e. The monoisotopic (exact) mass is 327 g/mol. The van der Waals surface area contributed by atoms with Crippen LogP contribution in [0.5, 0.6) is 0 Å². The molecule has 3 heterocycles. The van der Waals surface area contributed by atoms with Crippen molar-refractivity contribution in [2.45, 2.75) is 19.3 Å². The summed E-state index contributed by atoms with van der Waals surface area (Å²) < 4.78 is 3.13. The summed E-state index contributed by atoms with van der Waals surface area (Å²) in [4.78, 5) is 4.52. The number of fused-ring (bicyclic) bond motifs is 1. The van der Waals surface area contributed by atoms with Gasteiger partial charge in [-0.3, -0.25) is 4.40 Å². The molecule has 1 aliphatic heterocycles. The zero-order chi connectivity index (χ0) is 12.5. The molecular weight excluding hydrogens is 314 g/mol. The van der Waals surface area contributed by atoms with Crippen LogP contribution in [-0.4, -0.2) is 22.5 Å². The fraction of sp³-hybridized carbons (Fsp3) is 0.462. The zero-order valence-corrected chi connectivity index (χ0v) is 12.3. The summed E-state index contributed by atoms with van der Waals surface area (Å²) >= 11 is 9.78.